The van der Waals surface area contributed by atoms with E-state index in [0.29, 0.717) is 5.11 Å². The molecule has 23 heavy (non-hydrogen) atoms. The molecule has 116 valence electrons. The molecular formula is C19H19N3S. The van der Waals surface area contributed by atoms with Gasteiger partial charge in [-0.05, 0) is 59.8 Å². The van der Waals surface area contributed by atoms with Crippen LogP contribution in [0.2, 0.25) is 0 Å². The standard InChI is InChI=1S/C19H19N3S/c20-19(23)22-18(14-5-2-1-3-6-14)12-17(21-22)16-10-9-13-7-4-8-15(13)11-16/h1-3,5-6,9-11,18H,4,7-8,12H2,(H2,20,23). The summed E-state index contributed by atoms with van der Waals surface area (Å²) in [7, 11) is 0. The molecule has 1 aliphatic heterocycles. The van der Waals surface area contributed by atoms with Gasteiger partial charge in [-0.25, -0.2) is 5.01 Å². The van der Waals surface area contributed by atoms with Crippen LogP contribution >= 0.6 is 12.2 Å². The summed E-state index contributed by atoms with van der Waals surface area (Å²) in [6, 6.07) is 17.2. The third kappa shape index (κ3) is 2.63. The predicted octanol–water partition coefficient (Wildman–Crippen LogP) is 3.57. The van der Waals surface area contributed by atoms with Crippen molar-refractivity contribution in [2.45, 2.75) is 31.7 Å². The van der Waals surface area contributed by atoms with E-state index in [4.69, 9.17) is 23.1 Å². The van der Waals surface area contributed by atoms with E-state index in [2.05, 4.69) is 30.3 Å². The smallest absolute Gasteiger partial charge is 0.187 e. The second-order valence-corrected chi connectivity index (χ2v) is 6.62. The van der Waals surface area contributed by atoms with Crippen molar-refractivity contribution < 1.29 is 0 Å². The number of thiocarbonyl (C=S) groups is 1. The number of benzene rings is 2. The first kappa shape index (κ1) is 14.4. The van der Waals surface area contributed by atoms with Gasteiger partial charge in [-0.3, -0.25) is 0 Å². The van der Waals surface area contributed by atoms with Crippen molar-refractivity contribution in [3.63, 3.8) is 0 Å². The van der Waals surface area contributed by atoms with E-state index in [0.717, 1.165) is 12.1 Å². The van der Waals surface area contributed by atoms with Gasteiger partial charge in [-0.2, -0.15) is 5.10 Å². The van der Waals surface area contributed by atoms with Crippen LogP contribution in [0.25, 0.3) is 0 Å². The Labute approximate surface area is 141 Å². The number of hydrogen-bond acceptors (Lipinski definition) is 2. The van der Waals surface area contributed by atoms with E-state index in [1.165, 1.54) is 41.5 Å². The Morgan fingerprint density at radius 3 is 2.65 bits per heavy atom. The van der Waals surface area contributed by atoms with Gasteiger partial charge < -0.3 is 5.73 Å². The molecule has 1 heterocycles. The zero-order valence-corrected chi connectivity index (χ0v) is 13.7. The molecule has 0 amide bonds. The highest BCUT2D eigenvalue weighted by molar-refractivity contribution is 7.80. The summed E-state index contributed by atoms with van der Waals surface area (Å²) in [5.74, 6) is 0. The first-order chi connectivity index (χ1) is 11.2. The van der Waals surface area contributed by atoms with E-state index in [1.807, 2.05) is 18.2 Å². The van der Waals surface area contributed by atoms with Crippen LogP contribution in [0.4, 0.5) is 0 Å². The zero-order chi connectivity index (χ0) is 15.8. The SMILES string of the molecule is NC(=S)N1N=C(c2ccc3c(c2)CCC3)CC1c1ccccc1. The fraction of sp³-hybridized carbons (Fsp3) is 0.263. The molecule has 0 aromatic heterocycles. The van der Waals surface area contributed by atoms with Crippen molar-refractivity contribution in [2.24, 2.45) is 10.8 Å². The minimum absolute atomic E-state index is 0.0944. The van der Waals surface area contributed by atoms with Crippen molar-refractivity contribution in [1.82, 2.24) is 5.01 Å². The number of hydrazone groups is 1. The maximum absolute atomic E-state index is 5.91. The lowest BCUT2D eigenvalue weighted by Crippen LogP contribution is -2.31. The Hall–Kier alpha value is -2.20. The molecule has 2 N–H and O–H groups in total. The highest BCUT2D eigenvalue weighted by Crippen LogP contribution is 2.33. The molecule has 3 nitrogen and oxygen atoms in total. The van der Waals surface area contributed by atoms with Crippen molar-refractivity contribution >= 4 is 23.0 Å². The van der Waals surface area contributed by atoms with Gasteiger partial charge in [0.25, 0.3) is 0 Å². The third-order valence-electron chi connectivity index (χ3n) is 4.75. The van der Waals surface area contributed by atoms with Crippen LogP contribution < -0.4 is 5.73 Å². The second-order valence-electron chi connectivity index (χ2n) is 6.20. The van der Waals surface area contributed by atoms with Crippen molar-refractivity contribution in [2.75, 3.05) is 0 Å². The van der Waals surface area contributed by atoms with Gasteiger partial charge in [0.15, 0.2) is 5.11 Å². The van der Waals surface area contributed by atoms with Crippen LogP contribution in [0.5, 0.6) is 0 Å². The van der Waals surface area contributed by atoms with Crippen LogP contribution in [0, 0.1) is 0 Å². The van der Waals surface area contributed by atoms with Crippen molar-refractivity contribution in [3.8, 4) is 0 Å². The van der Waals surface area contributed by atoms with E-state index in [-0.39, 0.29) is 6.04 Å². The van der Waals surface area contributed by atoms with Crippen LogP contribution in [0.15, 0.2) is 53.6 Å². The molecule has 0 fully saturated rings. The lowest BCUT2D eigenvalue weighted by Gasteiger charge is -2.21. The molecule has 0 saturated heterocycles. The average molecular weight is 321 g/mol. The molecule has 2 aliphatic rings. The predicted molar refractivity (Wildman–Crippen MR) is 97.4 cm³/mol. The molecule has 2 aromatic rings. The topological polar surface area (TPSA) is 41.6 Å². The lowest BCUT2D eigenvalue weighted by atomic mass is 9.96. The quantitative estimate of drug-likeness (QED) is 0.860. The van der Waals surface area contributed by atoms with Crippen LogP contribution in [0.1, 0.15) is 41.1 Å². The highest BCUT2D eigenvalue weighted by Gasteiger charge is 2.30. The number of nitrogens with two attached hydrogens (primary N) is 1. The minimum Gasteiger partial charge on any atom is -0.375 e. The first-order valence-corrected chi connectivity index (χ1v) is 8.46. The van der Waals surface area contributed by atoms with Gasteiger partial charge in [-0.1, -0.05) is 42.5 Å². The van der Waals surface area contributed by atoms with Gasteiger partial charge in [0.2, 0.25) is 0 Å². The average Bonchev–Trinajstić information content (AvgIpc) is 3.22. The van der Waals surface area contributed by atoms with E-state index >= 15 is 0 Å². The lowest BCUT2D eigenvalue weighted by molar-refractivity contribution is 0.373. The van der Waals surface area contributed by atoms with E-state index in [1.54, 1.807) is 5.01 Å². The van der Waals surface area contributed by atoms with Gasteiger partial charge in [0, 0.05) is 6.42 Å². The van der Waals surface area contributed by atoms with Crippen LogP contribution in [-0.2, 0) is 12.8 Å². The highest BCUT2D eigenvalue weighted by atomic mass is 32.1. The Kier molecular flexibility index (Phi) is 3.62. The fourth-order valence-electron chi connectivity index (χ4n) is 3.57. The van der Waals surface area contributed by atoms with Gasteiger partial charge in [0.1, 0.15) is 0 Å². The molecule has 4 rings (SSSR count). The molecular weight excluding hydrogens is 302 g/mol. The third-order valence-corrected chi connectivity index (χ3v) is 4.94. The molecule has 1 atom stereocenters. The molecule has 2 aromatic carbocycles. The van der Waals surface area contributed by atoms with E-state index < -0.39 is 0 Å². The zero-order valence-electron chi connectivity index (χ0n) is 12.9. The summed E-state index contributed by atoms with van der Waals surface area (Å²) >= 11 is 5.21. The summed E-state index contributed by atoms with van der Waals surface area (Å²) in [5, 5.41) is 6.84. The molecule has 0 radical (unpaired) electrons. The van der Waals surface area contributed by atoms with Gasteiger partial charge >= 0.3 is 0 Å². The molecule has 1 unspecified atom stereocenters. The van der Waals surface area contributed by atoms with Crippen molar-refractivity contribution in [1.29, 1.82) is 0 Å². The number of rotatable bonds is 2. The Balaban J connectivity index is 1.68. The number of hydrogen-bond donors (Lipinski definition) is 1. The van der Waals surface area contributed by atoms with Crippen LogP contribution in [0.3, 0.4) is 0 Å². The maximum Gasteiger partial charge on any atom is 0.187 e. The van der Waals surface area contributed by atoms with E-state index in [9.17, 15) is 0 Å². The molecule has 1 aliphatic carbocycles. The Morgan fingerprint density at radius 1 is 1.09 bits per heavy atom. The summed E-state index contributed by atoms with van der Waals surface area (Å²) in [6.45, 7) is 0. The largest absolute Gasteiger partial charge is 0.375 e. The minimum atomic E-state index is 0.0944. The summed E-state index contributed by atoms with van der Waals surface area (Å²) < 4.78 is 0. The second kappa shape index (κ2) is 5.78. The number of aryl methyl sites for hydroxylation is 2. The normalized spacial score (nSPS) is 19.6. The fourth-order valence-corrected chi connectivity index (χ4v) is 3.74. The number of fused-ring (bicyclic) bond motifs is 1. The van der Waals surface area contributed by atoms with Crippen LogP contribution in [-0.4, -0.2) is 15.8 Å². The monoisotopic (exact) mass is 321 g/mol. The van der Waals surface area contributed by atoms with Gasteiger partial charge in [0.05, 0.1) is 11.8 Å². The first-order valence-electron chi connectivity index (χ1n) is 8.05. The summed E-state index contributed by atoms with van der Waals surface area (Å²) in [5.41, 5.74) is 12.3. The Morgan fingerprint density at radius 2 is 1.87 bits per heavy atom. The molecule has 0 spiro atoms. The molecule has 4 heteroatoms. The number of nitrogens with zero attached hydrogens (tertiary/aromatic N) is 2. The summed E-state index contributed by atoms with van der Waals surface area (Å²) in [6.07, 6.45) is 4.47. The molecule has 0 bridgehead atoms. The maximum atomic E-state index is 5.91. The molecule has 0 saturated carbocycles. The Bertz CT molecular complexity index is 782. The van der Waals surface area contributed by atoms with Crippen molar-refractivity contribution in [3.05, 3.63) is 70.8 Å². The van der Waals surface area contributed by atoms with Gasteiger partial charge in [-0.15, -0.1) is 0 Å². The summed E-state index contributed by atoms with van der Waals surface area (Å²) in [4.78, 5) is 0.